The van der Waals surface area contributed by atoms with Crippen molar-refractivity contribution in [1.82, 2.24) is 14.5 Å². The van der Waals surface area contributed by atoms with Crippen molar-refractivity contribution in [1.29, 1.82) is 0 Å². The van der Waals surface area contributed by atoms with Crippen LogP contribution in [0.15, 0.2) is 67.0 Å². The summed E-state index contributed by atoms with van der Waals surface area (Å²) in [5.74, 6) is 1.67. The Hall–Kier alpha value is -2.88. The quantitative estimate of drug-likeness (QED) is 0.642. The van der Waals surface area contributed by atoms with E-state index in [4.69, 9.17) is 0 Å². The van der Waals surface area contributed by atoms with Crippen LogP contribution in [0.2, 0.25) is 0 Å². The second-order valence-electron chi connectivity index (χ2n) is 8.39. The van der Waals surface area contributed by atoms with Gasteiger partial charge in [-0.1, -0.05) is 54.6 Å². The summed E-state index contributed by atoms with van der Waals surface area (Å²) < 4.78 is 2.02. The molecular formula is C25H27N3O. The van der Waals surface area contributed by atoms with Crippen molar-refractivity contribution in [3.05, 3.63) is 89.5 Å². The molecule has 29 heavy (non-hydrogen) atoms. The van der Waals surface area contributed by atoms with E-state index in [0.717, 1.165) is 31.5 Å². The summed E-state index contributed by atoms with van der Waals surface area (Å²) in [5.41, 5.74) is 3.99. The Morgan fingerprint density at radius 1 is 1.14 bits per heavy atom. The molecule has 3 aromatic rings. The molecule has 5 rings (SSSR count). The lowest BCUT2D eigenvalue weighted by Crippen LogP contribution is -2.38. The second-order valence-corrected chi connectivity index (χ2v) is 8.39. The normalized spacial score (nSPS) is 22.7. The van der Waals surface area contributed by atoms with Gasteiger partial charge in [0, 0.05) is 25.4 Å². The standard InChI is InChI=1S/C25H27N3O/c1-27-15-14-26-24(27)17-28(23-13-7-11-18-10-5-6-12-20(18)23)25(29)22-16-21(22)19-8-3-2-4-9-19/h2-6,8-10,12,14-15,21-23H,7,11,13,16-17H2,1H3/t21-,22+,23+/m0/s1. The molecule has 4 nitrogen and oxygen atoms in total. The summed E-state index contributed by atoms with van der Waals surface area (Å²) in [7, 11) is 2.00. The van der Waals surface area contributed by atoms with Crippen LogP contribution < -0.4 is 0 Å². The molecule has 4 heteroatoms. The molecule has 3 atom stereocenters. The van der Waals surface area contributed by atoms with Crippen LogP contribution in [0.5, 0.6) is 0 Å². The van der Waals surface area contributed by atoms with Crippen LogP contribution in [-0.2, 0) is 24.8 Å². The molecule has 1 heterocycles. The van der Waals surface area contributed by atoms with Gasteiger partial charge in [-0.05, 0) is 48.3 Å². The Morgan fingerprint density at radius 2 is 1.93 bits per heavy atom. The summed E-state index contributed by atoms with van der Waals surface area (Å²) in [6.45, 7) is 0.569. The molecule has 1 amide bonds. The maximum absolute atomic E-state index is 13.7. The first-order valence-electron chi connectivity index (χ1n) is 10.6. The Bertz CT molecular complexity index is 1010. The van der Waals surface area contributed by atoms with Crippen molar-refractivity contribution < 1.29 is 4.79 Å². The first-order chi connectivity index (χ1) is 14.2. The summed E-state index contributed by atoms with van der Waals surface area (Å²) in [6, 6.07) is 19.2. The van der Waals surface area contributed by atoms with Gasteiger partial charge in [-0.2, -0.15) is 0 Å². The highest BCUT2D eigenvalue weighted by atomic mass is 16.2. The first-order valence-corrected chi connectivity index (χ1v) is 10.6. The number of hydrogen-bond donors (Lipinski definition) is 0. The van der Waals surface area contributed by atoms with Gasteiger partial charge in [0.05, 0.1) is 12.6 Å². The van der Waals surface area contributed by atoms with Gasteiger partial charge in [0.25, 0.3) is 0 Å². The number of fused-ring (bicyclic) bond motifs is 1. The number of aromatic nitrogens is 2. The lowest BCUT2D eigenvalue weighted by molar-refractivity contribution is -0.136. The smallest absolute Gasteiger partial charge is 0.227 e. The van der Waals surface area contributed by atoms with E-state index in [-0.39, 0.29) is 17.9 Å². The molecular weight excluding hydrogens is 358 g/mol. The highest BCUT2D eigenvalue weighted by Crippen LogP contribution is 2.50. The van der Waals surface area contributed by atoms with Crippen molar-refractivity contribution in [2.75, 3.05) is 0 Å². The molecule has 0 unspecified atom stereocenters. The van der Waals surface area contributed by atoms with Crippen molar-refractivity contribution in [2.45, 2.75) is 44.2 Å². The molecule has 0 bridgehead atoms. The number of carbonyl (C=O) groups excluding carboxylic acids is 1. The van der Waals surface area contributed by atoms with Gasteiger partial charge >= 0.3 is 0 Å². The third-order valence-corrected chi connectivity index (χ3v) is 6.57. The first kappa shape index (κ1) is 18.2. The molecule has 148 valence electrons. The molecule has 2 aliphatic rings. The minimum Gasteiger partial charge on any atom is -0.337 e. The van der Waals surface area contributed by atoms with E-state index in [0.29, 0.717) is 12.5 Å². The van der Waals surface area contributed by atoms with Crippen molar-refractivity contribution >= 4 is 5.91 Å². The monoisotopic (exact) mass is 385 g/mol. The minimum atomic E-state index is 0.0896. The predicted molar refractivity (Wildman–Crippen MR) is 113 cm³/mol. The van der Waals surface area contributed by atoms with Crippen LogP contribution in [0, 0.1) is 5.92 Å². The predicted octanol–water partition coefficient (Wildman–Crippen LogP) is 4.63. The summed E-state index contributed by atoms with van der Waals surface area (Å²) in [6.07, 6.45) is 7.98. The van der Waals surface area contributed by atoms with Gasteiger partial charge in [-0.25, -0.2) is 4.98 Å². The zero-order valence-corrected chi connectivity index (χ0v) is 16.9. The van der Waals surface area contributed by atoms with Gasteiger partial charge in [0.2, 0.25) is 5.91 Å². The SMILES string of the molecule is Cn1ccnc1CN(C(=O)[C@@H]1C[C@H]1c1ccccc1)[C@@H]1CCCc2ccccc21. The molecule has 0 spiro atoms. The zero-order valence-electron chi connectivity index (χ0n) is 16.9. The highest BCUT2D eigenvalue weighted by molar-refractivity contribution is 5.83. The number of hydrogen-bond acceptors (Lipinski definition) is 2. The zero-order chi connectivity index (χ0) is 19.8. The van der Waals surface area contributed by atoms with Gasteiger partial charge < -0.3 is 9.47 Å². The van der Waals surface area contributed by atoms with E-state index in [1.54, 1.807) is 0 Å². The lowest BCUT2D eigenvalue weighted by Gasteiger charge is -2.36. The Kier molecular flexibility index (Phi) is 4.70. The number of carbonyl (C=O) groups is 1. The Labute approximate surface area is 172 Å². The highest BCUT2D eigenvalue weighted by Gasteiger charge is 2.47. The molecule has 0 N–H and O–H groups in total. The van der Waals surface area contributed by atoms with Crippen LogP contribution in [0.3, 0.4) is 0 Å². The molecule has 0 aliphatic heterocycles. The average molecular weight is 386 g/mol. The average Bonchev–Trinajstić information content (AvgIpc) is 3.47. The largest absolute Gasteiger partial charge is 0.337 e. The van der Waals surface area contributed by atoms with E-state index in [1.165, 1.54) is 16.7 Å². The van der Waals surface area contributed by atoms with Crippen LogP contribution in [0.25, 0.3) is 0 Å². The van der Waals surface area contributed by atoms with Crippen LogP contribution >= 0.6 is 0 Å². The summed E-state index contributed by atoms with van der Waals surface area (Å²) >= 11 is 0. The van der Waals surface area contributed by atoms with Crippen LogP contribution in [0.1, 0.15) is 53.7 Å². The van der Waals surface area contributed by atoms with Crippen molar-refractivity contribution in [2.24, 2.45) is 13.0 Å². The van der Waals surface area contributed by atoms with Gasteiger partial charge in [-0.15, -0.1) is 0 Å². The van der Waals surface area contributed by atoms with Gasteiger partial charge in [0.1, 0.15) is 5.82 Å². The van der Waals surface area contributed by atoms with E-state index in [2.05, 4.69) is 58.4 Å². The van der Waals surface area contributed by atoms with Gasteiger partial charge in [0.15, 0.2) is 0 Å². The third kappa shape index (κ3) is 3.48. The number of amides is 1. The Balaban J connectivity index is 1.45. The fourth-order valence-electron chi connectivity index (χ4n) is 4.84. The third-order valence-electron chi connectivity index (χ3n) is 6.57. The Morgan fingerprint density at radius 3 is 2.72 bits per heavy atom. The minimum absolute atomic E-state index is 0.0896. The van der Waals surface area contributed by atoms with Crippen LogP contribution in [0.4, 0.5) is 0 Å². The second kappa shape index (κ2) is 7.51. The van der Waals surface area contributed by atoms with E-state index in [9.17, 15) is 4.79 Å². The number of aryl methyl sites for hydroxylation is 2. The maximum atomic E-state index is 13.7. The van der Waals surface area contributed by atoms with Crippen molar-refractivity contribution in [3.63, 3.8) is 0 Å². The number of nitrogens with zero attached hydrogens (tertiary/aromatic N) is 3. The molecule has 0 saturated heterocycles. The topological polar surface area (TPSA) is 38.1 Å². The summed E-state index contributed by atoms with van der Waals surface area (Å²) in [4.78, 5) is 20.4. The number of imidazole rings is 1. The fraction of sp³-hybridized carbons (Fsp3) is 0.360. The van der Waals surface area contributed by atoms with E-state index in [1.807, 2.05) is 30.1 Å². The molecule has 0 radical (unpaired) electrons. The number of benzene rings is 2. The fourth-order valence-corrected chi connectivity index (χ4v) is 4.84. The molecule has 2 aromatic carbocycles. The van der Waals surface area contributed by atoms with E-state index < -0.39 is 0 Å². The lowest BCUT2D eigenvalue weighted by atomic mass is 9.86. The number of rotatable bonds is 5. The molecule has 1 fully saturated rings. The van der Waals surface area contributed by atoms with E-state index >= 15 is 0 Å². The van der Waals surface area contributed by atoms with Crippen molar-refractivity contribution in [3.8, 4) is 0 Å². The molecule has 1 saturated carbocycles. The van der Waals surface area contributed by atoms with Crippen LogP contribution in [-0.4, -0.2) is 20.4 Å². The van der Waals surface area contributed by atoms with Gasteiger partial charge in [-0.3, -0.25) is 4.79 Å². The molecule has 1 aromatic heterocycles. The summed E-state index contributed by atoms with van der Waals surface area (Å²) in [5, 5.41) is 0. The molecule has 2 aliphatic carbocycles. The maximum Gasteiger partial charge on any atom is 0.227 e.